The largest absolute Gasteiger partial charge is 0.858 e. The lowest BCUT2D eigenvalue weighted by atomic mass is 10.2. The monoisotopic (exact) mass is 423 g/mol. The summed E-state index contributed by atoms with van der Waals surface area (Å²) in [5.74, 6) is -0.865. The van der Waals surface area contributed by atoms with E-state index >= 15 is 0 Å². The van der Waals surface area contributed by atoms with E-state index in [-0.39, 0.29) is 12.2 Å². The van der Waals surface area contributed by atoms with Crippen molar-refractivity contribution in [1.29, 1.82) is 0 Å². The second kappa shape index (κ2) is 7.41. The van der Waals surface area contributed by atoms with Gasteiger partial charge in [-0.25, -0.2) is 13.2 Å². The number of ether oxygens (including phenoxy) is 1. The fraction of sp³-hybridized carbons (Fsp3) is 0.167. The Hall–Kier alpha value is -1.62. The average Bonchev–Trinajstić information content (AvgIpc) is 2.36. The predicted octanol–water partition coefficient (Wildman–Crippen LogP) is 1.09. The zero-order valence-corrected chi connectivity index (χ0v) is 14.0. The molecule has 0 spiro atoms. The molecular weight excluding hydrogens is 411 g/mol. The van der Waals surface area contributed by atoms with Gasteiger partial charge in [-0.15, -0.1) is 0 Å². The maximum Gasteiger partial charge on any atom is 0.411 e. The van der Waals surface area contributed by atoms with Crippen LogP contribution in [0, 0.1) is 3.57 Å². The van der Waals surface area contributed by atoms with Crippen molar-refractivity contribution in [1.82, 2.24) is 0 Å². The molecule has 0 heterocycles. The molecule has 0 saturated carbocycles. The van der Waals surface area contributed by atoms with Crippen molar-refractivity contribution in [3.8, 4) is 0 Å². The van der Waals surface area contributed by atoms with Crippen LogP contribution < -0.4 is 10.4 Å². The molecule has 1 aromatic rings. The standard InChI is InChI=1S/C12H13IN2O5S/c1-3-6-20-12(17)14-10-5-4-8(7-9(10)13)11(16)15-21(2,18)19/h3-5,7H,1,6H2,2H3,(H,14,17)(H,15,16)/p-1. The van der Waals surface area contributed by atoms with Gasteiger partial charge in [0.25, 0.3) is 0 Å². The van der Waals surface area contributed by atoms with Gasteiger partial charge in [0.1, 0.15) is 6.61 Å². The first kappa shape index (κ1) is 17.4. The lowest BCUT2D eigenvalue weighted by molar-refractivity contribution is -0.212. The Kier molecular flexibility index (Phi) is 6.15. The molecule has 0 aliphatic heterocycles. The Balaban J connectivity index is 2.93. The van der Waals surface area contributed by atoms with Crippen LogP contribution in [0.1, 0.15) is 5.56 Å². The van der Waals surface area contributed by atoms with Gasteiger partial charge >= 0.3 is 6.09 Å². The molecular formula is C12H12IN2O5S-. The summed E-state index contributed by atoms with van der Waals surface area (Å²) >= 11 is 1.89. The molecule has 7 nitrogen and oxygen atoms in total. The third-order valence-corrected chi connectivity index (χ3v) is 3.42. The van der Waals surface area contributed by atoms with Crippen LogP contribution in [-0.2, 0) is 14.8 Å². The van der Waals surface area contributed by atoms with E-state index in [1.54, 1.807) is 0 Å². The molecule has 1 N–H and O–H groups in total. The summed E-state index contributed by atoms with van der Waals surface area (Å²) in [6, 6.07) is 4.24. The number of carbonyl (C=O) groups is 1. The number of amides is 1. The number of anilines is 1. The van der Waals surface area contributed by atoms with Crippen molar-refractivity contribution in [3.63, 3.8) is 0 Å². The molecule has 0 aromatic heterocycles. The minimum atomic E-state index is -3.75. The minimum absolute atomic E-state index is 0.0756. The van der Waals surface area contributed by atoms with Gasteiger partial charge in [-0.05, 0) is 40.3 Å². The highest BCUT2D eigenvalue weighted by molar-refractivity contribution is 14.1. The van der Waals surface area contributed by atoms with Crippen LogP contribution in [0.5, 0.6) is 0 Å². The molecule has 0 saturated heterocycles. The maximum atomic E-state index is 11.6. The van der Waals surface area contributed by atoms with Gasteiger partial charge in [-0.2, -0.15) is 4.40 Å². The summed E-state index contributed by atoms with van der Waals surface area (Å²) in [4.78, 5) is 11.4. The number of carbonyl (C=O) groups excluding carboxylic acids is 1. The third-order valence-electron chi connectivity index (χ3n) is 2.03. The minimum Gasteiger partial charge on any atom is -0.858 e. The molecule has 0 aliphatic carbocycles. The summed E-state index contributed by atoms with van der Waals surface area (Å²) in [6.45, 7) is 3.49. The SMILES string of the molecule is C=CCOC(=O)Nc1ccc(/C([O-])=N/S(C)(=O)=O)cc1I. The summed E-state index contributed by atoms with van der Waals surface area (Å²) in [7, 11) is -3.75. The van der Waals surface area contributed by atoms with E-state index in [0.717, 1.165) is 6.26 Å². The Morgan fingerprint density at radius 1 is 1.57 bits per heavy atom. The van der Waals surface area contributed by atoms with Crippen LogP contribution in [0.2, 0.25) is 0 Å². The zero-order valence-electron chi connectivity index (χ0n) is 11.0. The Bertz CT molecular complexity index is 685. The lowest BCUT2D eigenvalue weighted by Crippen LogP contribution is -2.21. The van der Waals surface area contributed by atoms with Crippen molar-refractivity contribution in [3.05, 3.63) is 40.0 Å². The number of hydrogen-bond acceptors (Lipinski definition) is 5. The maximum absolute atomic E-state index is 11.6. The van der Waals surface area contributed by atoms with E-state index < -0.39 is 22.0 Å². The van der Waals surface area contributed by atoms with Gasteiger partial charge in [-0.3, -0.25) is 5.32 Å². The van der Waals surface area contributed by atoms with Crippen molar-refractivity contribution < 1.29 is 23.1 Å². The fourth-order valence-corrected chi connectivity index (χ4v) is 2.29. The summed E-state index contributed by atoms with van der Waals surface area (Å²) in [5.41, 5.74) is 0.537. The van der Waals surface area contributed by atoms with Gasteiger partial charge in [0, 0.05) is 9.47 Å². The van der Waals surface area contributed by atoms with E-state index in [1.807, 2.05) is 22.6 Å². The van der Waals surface area contributed by atoms with Crippen LogP contribution in [0.15, 0.2) is 35.3 Å². The lowest BCUT2D eigenvalue weighted by Gasteiger charge is -2.13. The second-order valence-electron chi connectivity index (χ2n) is 3.84. The highest BCUT2D eigenvalue weighted by atomic mass is 127. The van der Waals surface area contributed by atoms with Crippen molar-refractivity contribution in [2.24, 2.45) is 4.40 Å². The van der Waals surface area contributed by atoms with E-state index in [4.69, 9.17) is 4.74 Å². The number of hydrogen-bond donors (Lipinski definition) is 1. The quantitative estimate of drug-likeness (QED) is 0.330. The van der Waals surface area contributed by atoms with Crippen LogP contribution in [0.25, 0.3) is 0 Å². The molecule has 0 fully saturated rings. The van der Waals surface area contributed by atoms with E-state index in [1.165, 1.54) is 24.3 Å². The Morgan fingerprint density at radius 2 is 2.24 bits per heavy atom. The molecule has 0 unspecified atom stereocenters. The smallest absolute Gasteiger partial charge is 0.411 e. The molecule has 0 bridgehead atoms. The fourth-order valence-electron chi connectivity index (χ4n) is 1.23. The van der Waals surface area contributed by atoms with Crippen LogP contribution >= 0.6 is 22.6 Å². The van der Waals surface area contributed by atoms with Crippen molar-refractivity contribution in [2.45, 2.75) is 0 Å². The zero-order chi connectivity index (χ0) is 16.0. The van der Waals surface area contributed by atoms with Crippen molar-refractivity contribution >= 4 is 50.3 Å². The number of sulfonamides is 1. The molecule has 1 rings (SSSR count). The molecule has 9 heteroatoms. The normalized spacial score (nSPS) is 11.8. The first-order chi connectivity index (χ1) is 9.73. The first-order valence-corrected chi connectivity index (χ1v) is 8.47. The average molecular weight is 423 g/mol. The Morgan fingerprint density at radius 3 is 2.76 bits per heavy atom. The van der Waals surface area contributed by atoms with Gasteiger partial charge in [0.2, 0.25) is 10.0 Å². The van der Waals surface area contributed by atoms with E-state index in [9.17, 15) is 18.3 Å². The van der Waals surface area contributed by atoms with Crippen LogP contribution in [0.4, 0.5) is 10.5 Å². The molecule has 1 aromatic carbocycles. The molecule has 0 aliphatic rings. The number of benzene rings is 1. The molecule has 1 amide bonds. The molecule has 21 heavy (non-hydrogen) atoms. The van der Waals surface area contributed by atoms with Gasteiger partial charge in [-0.1, -0.05) is 18.7 Å². The first-order valence-electron chi connectivity index (χ1n) is 5.54. The topological polar surface area (TPSA) is 108 Å². The van der Waals surface area contributed by atoms with Gasteiger partial charge in [0.05, 0.1) is 11.9 Å². The highest BCUT2D eigenvalue weighted by Crippen LogP contribution is 2.20. The molecule has 114 valence electrons. The van der Waals surface area contributed by atoms with E-state index in [0.29, 0.717) is 9.26 Å². The number of nitrogens with one attached hydrogen (secondary N) is 1. The Labute approximate surface area is 135 Å². The summed E-state index contributed by atoms with van der Waals surface area (Å²) in [5, 5.41) is 14.1. The van der Waals surface area contributed by atoms with Gasteiger partial charge < -0.3 is 9.84 Å². The van der Waals surface area contributed by atoms with Crippen molar-refractivity contribution in [2.75, 3.05) is 18.2 Å². The van der Waals surface area contributed by atoms with Crippen LogP contribution in [-0.4, -0.2) is 33.3 Å². The van der Waals surface area contributed by atoms with Crippen LogP contribution in [0.3, 0.4) is 0 Å². The number of nitrogens with zero attached hydrogens (tertiary/aromatic N) is 1. The van der Waals surface area contributed by atoms with E-state index in [2.05, 4.69) is 16.3 Å². The van der Waals surface area contributed by atoms with Gasteiger partial charge in [0.15, 0.2) is 0 Å². The molecule has 0 atom stereocenters. The second-order valence-corrected chi connectivity index (χ2v) is 6.65. The summed E-state index contributed by atoms with van der Waals surface area (Å²) in [6.07, 6.45) is 1.60. The molecule has 0 radical (unpaired) electrons. The number of rotatable bonds is 5. The number of halogens is 1. The third kappa shape index (κ3) is 6.12. The highest BCUT2D eigenvalue weighted by Gasteiger charge is 2.07. The summed E-state index contributed by atoms with van der Waals surface area (Å²) < 4.78 is 30.2. The predicted molar refractivity (Wildman–Crippen MR) is 85.7 cm³/mol.